The van der Waals surface area contributed by atoms with Crippen LogP contribution in [0.2, 0.25) is 0 Å². The zero-order valence-corrected chi connectivity index (χ0v) is 14.6. The van der Waals surface area contributed by atoms with Gasteiger partial charge in [0.2, 0.25) is 0 Å². The zero-order chi connectivity index (χ0) is 17.7. The maximum Gasteiger partial charge on any atom is 0.306 e. The van der Waals surface area contributed by atoms with Gasteiger partial charge in [0.15, 0.2) is 11.6 Å². The molecule has 1 saturated carbocycles. The van der Waals surface area contributed by atoms with Gasteiger partial charge in [-0.3, -0.25) is 9.59 Å². The minimum absolute atomic E-state index is 0.0428. The van der Waals surface area contributed by atoms with Crippen LogP contribution in [0.4, 0.5) is 4.39 Å². The largest absolute Gasteiger partial charge is 0.490 e. The number of hydrogen-bond acceptors (Lipinski definition) is 4. The van der Waals surface area contributed by atoms with Gasteiger partial charge in [-0.2, -0.15) is 0 Å². The summed E-state index contributed by atoms with van der Waals surface area (Å²) in [5.41, 5.74) is 0.0278. The van der Waals surface area contributed by atoms with Gasteiger partial charge in [-0.1, -0.05) is 6.07 Å². The molecule has 1 aliphatic carbocycles. The van der Waals surface area contributed by atoms with Crippen molar-refractivity contribution in [1.29, 1.82) is 0 Å². The van der Waals surface area contributed by atoms with E-state index in [1.54, 1.807) is 32.9 Å². The van der Waals surface area contributed by atoms with Gasteiger partial charge in [0, 0.05) is 12.8 Å². The van der Waals surface area contributed by atoms with E-state index >= 15 is 0 Å². The molecular formula is C19H25FO4. The molecule has 0 spiro atoms. The minimum Gasteiger partial charge on any atom is -0.490 e. The highest BCUT2D eigenvalue weighted by Gasteiger charge is 2.22. The summed E-state index contributed by atoms with van der Waals surface area (Å²) in [4.78, 5) is 23.5. The Morgan fingerprint density at radius 3 is 2.50 bits per heavy atom. The summed E-state index contributed by atoms with van der Waals surface area (Å²) in [6.07, 6.45) is 2.53. The summed E-state index contributed by atoms with van der Waals surface area (Å²) in [6, 6.07) is 4.58. The lowest BCUT2D eigenvalue weighted by Gasteiger charge is -2.19. The number of benzene rings is 1. The van der Waals surface area contributed by atoms with E-state index in [2.05, 4.69) is 0 Å². The number of carbonyl (C=O) groups is 2. The predicted molar refractivity (Wildman–Crippen MR) is 88.4 cm³/mol. The van der Waals surface area contributed by atoms with Gasteiger partial charge < -0.3 is 9.47 Å². The number of carbonyl (C=O) groups excluding carboxylic acids is 2. The highest BCUT2D eigenvalue weighted by atomic mass is 19.1. The topological polar surface area (TPSA) is 52.6 Å². The first kappa shape index (κ1) is 18.4. The van der Waals surface area contributed by atoms with E-state index in [0.29, 0.717) is 18.1 Å². The molecule has 1 aromatic carbocycles. The quantitative estimate of drug-likeness (QED) is 0.677. The molecule has 0 unspecified atom stereocenters. The SMILES string of the molecule is CC(C)(C)OC(=O)CCC(=O)Cc1ccc(OCC2CC2)c(F)c1. The first-order chi connectivity index (χ1) is 11.2. The van der Waals surface area contributed by atoms with Gasteiger partial charge >= 0.3 is 5.97 Å². The van der Waals surface area contributed by atoms with Crippen LogP contribution in [-0.2, 0) is 20.7 Å². The van der Waals surface area contributed by atoms with E-state index in [0.717, 1.165) is 12.8 Å². The van der Waals surface area contributed by atoms with Crippen molar-refractivity contribution in [1.82, 2.24) is 0 Å². The maximum atomic E-state index is 14.0. The molecule has 5 heteroatoms. The summed E-state index contributed by atoms with van der Waals surface area (Å²) in [5.74, 6) is -0.184. The zero-order valence-electron chi connectivity index (χ0n) is 14.6. The molecule has 0 atom stereocenters. The van der Waals surface area contributed by atoms with Crippen molar-refractivity contribution in [3.05, 3.63) is 29.6 Å². The molecule has 0 aliphatic heterocycles. The third kappa shape index (κ3) is 6.69. The smallest absolute Gasteiger partial charge is 0.306 e. The van der Waals surface area contributed by atoms with Crippen LogP contribution in [0.1, 0.15) is 52.0 Å². The summed E-state index contributed by atoms with van der Waals surface area (Å²) < 4.78 is 24.5. The molecule has 0 saturated heterocycles. The van der Waals surface area contributed by atoms with Crippen LogP contribution >= 0.6 is 0 Å². The van der Waals surface area contributed by atoms with Gasteiger partial charge in [0.05, 0.1) is 13.0 Å². The van der Waals surface area contributed by atoms with Gasteiger partial charge in [0.25, 0.3) is 0 Å². The molecule has 2 rings (SSSR count). The molecule has 132 valence electrons. The Labute approximate surface area is 142 Å². The van der Waals surface area contributed by atoms with Crippen molar-refractivity contribution in [3.63, 3.8) is 0 Å². The van der Waals surface area contributed by atoms with Crippen molar-refractivity contribution >= 4 is 11.8 Å². The second-order valence-electron chi connectivity index (χ2n) is 7.32. The van der Waals surface area contributed by atoms with E-state index in [1.165, 1.54) is 6.07 Å². The Balaban J connectivity index is 1.78. The van der Waals surface area contributed by atoms with Crippen molar-refractivity contribution in [3.8, 4) is 5.75 Å². The van der Waals surface area contributed by atoms with Crippen LogP contribution in [0.15, 0.2) is 18.2 Å². The van der Waals surface area contributed by atoms with Gasteiger partial charge in [-0.25, -0.2) is 4.39 Å². The normalized spacial score (nSPS) is 14.3. The molecule has 0 heterocycles. The highest BCUT2D eigenvalue weighted by molar-refractivity contribution is 5.84. The Morgan fingerprint density at radius 2 is 1.92 bits per heavy atom. The van der Waals surface area contributed by atoms with Crippen LogP contribution in [0.25, 0.3) is 0 Å². The first-order valence-electron chi connectivity index (χ1n) is 8.38. The Bertz CT molecular complexity index is 600. The molecule has 4 nitrogen and oxygen atoms in total. The Kier molecular flexibility index (Phi) is 5.97. The molecular weight excluding hydrogens is 311 g/mol. The number of Topliss-reactive ketones (excluding diaryl/α,β-unsaturated/α-hetero) is 1. The fraction of sp³-hybridized carbons (Fsp3) is 0.579. The van der Waals surface area contributed by atoms with Gasteiger partial charge in [0.1, 0.15) is 11.4 Å². The molecule has 0 amide bonds. The van der Waals surface area contributed by atoms with Crippen LogP contribution in [0.5, 0.6) is 5.75 Å². The molecule has 24 heavy (non-hydrogen) atoms. The maximum absolute atomic E-state index is 14.0. The number of ketones is 1. The first-order valence-corrected chi connectivity index (χ1v) is 8.38. The average molecular weight is 336 g/mol. The third-order valence-corrected chi connectivity index (χ3v) is 3.60. The monoisotopic (exact) mass is 336 g/mol. The molecule has 1 aromatic rings. The van der Waals surface area contributed by atoms with E-state index in [9.17, 15) is 14.0 Å². The van der Waals surface area contributed by atoms with Gasteiger partial charge in [-0.15, -0.1) is 0 Å². The summed E-state index contributed by atoms with van der Waals surface area (Å²) in [7, 11) is 0. The summed E-state index contributed by atoms with van der Waals surface area (Å²) in [6.45, 7) is 5.89. The molecule has 1 aliphatic rings. The summed E-state index contributed by atoms with van der Waals surface area (Å²) in [5, 5.41) is 0. The van der Waals surface area contributed by atoms with E-state index < -0.39 is 17.4 Å². The van der Waals surface area contributed by atoms with Crippen molar-refractivity contribution < 1.29 is 23.5 Å². The standard InChI is InChI=1S/C19H25FO4/c1-19(2,3)24-18(22)9-7-15(21)10-14-6-8-17(16(20)11-14)23-12-13-4-5-13/h6,8,11,13H,4-5,7,9-10,12H2,1-3H3. The van der Waals surface area contributed by atoms with Crippen LogP contribution < -0.4 is 4.74 Å². The fourth-order valence-electron chi connectivity index (χ4n) is 2.21. The predicted octanol–water partition coefficient (Wildman–Crippen LogP) is 3.85. The third-order valence-electron chi connectivity index (χ3n) is 3.60. The van der Waals surface area contributed by atoms with E-state index in [4.69, 9.17) is 9.47 Å². The Hall–Kier alpha value is -1.91. The molecule has 0 N–H and O–H groups in total. The van der Waals surface area contributed by atoms with Crippen molar-refractivity contribution in [2.75, 3.05) is 6.61 Å². The second kappa shape index (κ2) is 7.77. The average Bonchev–Trinajstić information content (AvgIpc) is 3.27. The molecule has 0 bridgehead atoms. The van der Waals surface area contributed by atoms with Crippen molar-refractivity contribution in [2.24, 2.45) is 5.92 Å². The highest BCUT2D eigenvalue weighted by Crippen LogP contribution is 2.30. The van der Waals surface area contributed by atoms with E-state index in [-0.39, 0.29) is 30.8 Å². The number of ether oxygens (including phenoxy) is 2. The number of rotatable bonds is 8. The lowest BCUT2D eigenvalue weighted by Crippen LogP contribution is -2.24. The fourth-order valence-corrected chi connectivity index (χ4v) is 2.21. The molecule has 1 fully saturated rings. The summed E-state index contributed by atoms with van der Waals surface area (Å²) >= 11 is 0. The van der Waals surface area contributed by atoms with Gasteiger partial charge in [-0.05, 0) is 57.2 Å². The number of esters is 1. The Morgan fingerprint density at radius 1 is 1.21 bits per heavy atom. The molecule has 0 radical (unpaired) electrons. The minimum atomic E-state index is -0.556. The number of hydrogen-bond donors (Lipinski definition) is 0. The lowest BCUT2D eigenvalue weighted by atomic mass is 10.1. The van der Waals surface area contributed by atoms with Crippen LogP contribution in [0, 0.1) is 11.7 Å². The number of halogens is 1. The van der Waals surface area contributed by atoms with Crippen LogP contribution in [0.3, 0.4) is 0 Å². The van der Waals surface area contributed by atoms with E-state index in [1.807, 2.05) is 0 Å². The second-order valence-corrected chi connectivity index (χ2v) is 7.32. The molecule has 0 aromatic heterocycles. The van der Waals surface area contributed by atoms with Crippen molar-refractivity contribution in [2.45, 2.75) is 58.5 Å². The van der Waals surface area contributed by atoms with Crippen LogP contribution in [-0.4, -0.2) is 24.0 Å². The lowest BCUT2D eigenvalue weighted by molar-refractivity contribution is -0.155.